The number of fused-ring (bicyclic) bond motifs is 1. The van der Waals surface area contributed by atoms with E-state index in [4.69, 9.17) is 11.6 Å². The largest absolute Gasteiger partial charge is 0.310 e. The Hall–Kier alpha value is -0.740. The zero-order valence-electron chi connectivity index (χ0n) is 10.3. The van der Waals surface area contributed by atoms with Gasteiger partial charge in [0.25, 0.3) is 0 Å². The van der Waals surface area contributed by atoms with Crippen LogP contribution in [0.25, 0.3) is 11.2 Å². The van der Waals surface area contributed by atoms with E-state index in [0.29, 0.717) is 5.88 Å². The zero-order chi connectivity index (χ0) is 12.5. The van der Waals surface area contributed by atoms with Crippen molar-refractivity contribution >= 4 is 34.5 Å². The van der Waals surface area contributed by atoms with Crippen LogP contribution in [-0.2, 0) is 12.4 Å². The molecule has 0 bridgehead atoms. The number of nitrogens with zero attached hydrogens (tertiary/aromatic N) is 3. The number of pyridine rings is 1. The van der Waals surface area contributed by atoms with Gasteiger partial charge in [-0.3, -0.25) is 0 Å². The number of rotatable bonds is 4. The number of imidazole rings is 1. The molecule has 0 aliphatic rings. The van der Waals surface area contributed by atoms with Gasteiger partial charge in [0.15, 0.2) is 5.65 Å². The van der Waals surface area contributed by atoms with Crippen molar-refractivity contribution in [2.75, 3.05) is 6.26 Å². The quantitative estimate of drug-likeness (QED) is 0.798. The van der Waals surface area contributed by atoms with Crippen LogP contribution in [0.1, 0.15) is 19.7 Å². The predicted octanol–water partition coefficient (Wildman–Crippen LogP) is 3.31. The summed E-state index contributed by atoms with van der Waals surface area (Å²) < 4.78 is 2.27. The molecule has 2 aromatic heterocycles. The molecule has 0 radical (unpaired) electrons. The lowest BCUT2D eigenvalue weighted by Gasteiger charge is -2.23. The minimum absolute atomic E-state index is 0.145. The summed E-state index contributed by atoms with van der Waals surface area (Å²) in [5, 5.41) is 0. The Labute approximate surface area is 111 Å². The van der Waals surface area contributed by atoms with Crippen LogP contribution in [-0.4, -0.2) is 25.5 Å². The lowest BCUT2D eigenvalue weighted by Crippen LogP contribution is -2.23. The maximum Gasteiger partial charge on any atom is 0.160 e. The number of alkyl halides is 1. The van der Waals surface area contributed by atoms with Gasteiger partial charge in [-0.2, -0.15) is 11.8 Å². The topological polar surface area (TPSA) is 30.7 Å². The highest BCUT2D eigenvalue weighted by molar-refractivity contribution is 7.99. The van der Waals surface area contributed by atoms with E-state index >= 15 is 0 Å². The van der Waals surface area contributed by atoms with Gasteiger partial charge in [-0.15, -0.1) is 11.6 Å². The molecule has 0 fully saturated rings. The van der Waals surface area contributed by atoms with Crippen molar-refractivity contribution in [3.63, 3.8) is 0 Å². The highest BCUT2D eigenvalue weighted by Crippen LogP contribution is 2.26. The SMILES string of the molecule is CSC(C)(C)Cn1c(CCl)nc2cccnc21. The number of hydrogen-bond donors (Lipinski definition) is 0. The summed E-state index contributed by atoms with van der Waals surface area (Å²) in [5.74, 6) is 1.31. The summed E-state index contributed by atoms with van der Waals surface area (Å²) in [6, 6.07) is 3.87. The third kappa shape index (κ3) is 2.58. The van der Waals surface area contributed by atoms with Crippen LogP contribution in [0.2, 0.25) is 0 Å². The molecule has 2 rings (SSSR count). The highest BCUT2D eigenvalue weighted by atomic mass is 35.5. The fourth-order valence-corrected chi connectivity index (χ4v) is 2.18. The van der Waals surface area contributed by atoms with E-state index < -0.39 is 0 Å². The second kappa shape index (κ2) is 4.86. The summed E-state index contributed by atoms with van der Waals surface area (Å²) in [6.07, 6.45) is 3.91. The van der Waals surface area contributed by atoms with Crippen LogP contribution < -0.4 is 0 Å². The van der Waals surface area contributed by atoms with Gasteiger partial charge in [0, 0.05) is 17.5 Å². The molecule has 0 amide bonds. The molecular formula is C12H16ClN3S. The molecule has 0 spiro atoms. The molecule has 0 saturated heterocycles. The molecule has 0 saturated carbocycles. The maximum atomic E-state index is 5.96. The monoisotopic (exact) mass is 269 g/mol. The molecular weight excluding hydrogens is 254 g/mol. The summed E-state index contributed by atoms with van der Waals surface area (Å²) >= 11 is 7.79. The Morgan fingerprint density at radius 3 is 2.88 bits per heavy atom. The van der Waals surface area contributed by atoms with Crippen molar-refractivity contribution in [1.29, 1.82) is 0 Å². The van der Waals surface area contributed by atoms with Gasteiger partial charge in [0.1, 0.15) is 11.3 Å². The van der Waals surface area contributed by atoms with E-state index in [0.717, 1.165) is 23.5 Å². The minimum Gasteiger partial charge on any atom is -0.310 e. The average Bonchev–Trinajstić information content (AvgIpc) is 2.67. The second-order valence-corrected chi connectivity index (χ2v) is 6.34. The Balaban J connectivity index is 2.50. The van der Waals surface area contributed by atoms with E-state index in [1.54, 1.807) is 6.20 Å². The molecule has 0 unspecified atom stereocenters. The zero-order valence-corrected chi connectivity index (χ0v) is 11.8. The standard InChI is InChI=1S/C12H16ClN3S/c1-12(2,17-3)8-16-10(7-13)15-9-5-4-6-14-11(9)16/h4-6H,7-8H2,1-3H3. The molecule has 2 heterocycles. The molecule has 5 heteroatoms. The summed E-state index contributed by atoms with van der Waals surface area (Å²) in [4.78, 5) is 8.91. The molecule has 0 aromatic carbocycles. The number of hydrogen-bond acceptors (Lipinski definition) is 3. The first-order valence-corrected chi connectivity index (χ1v) is 7.24. The number of thioether (sulfide) groups is 1. The van der Waals surface area contributed by atoms with Crippen molar-refractivity contribution in [3.05, 3.63) is 24.2 Å². The maximum absolute atomic E-state index is 5.96. The molecule has 0 atom stereocenters. The van der Waals surface area contributed by atoms with Gasteiger partial charge in [0.05, 0.1) is 5.88 Å². The van der Waals surface area contributed by atoms with Crippen LogP contribution >= 0.6 is 23.4 Å². The first-order chi connectivity index (χ1) is 8.07. The van der Waals surface area contributed by atoms with Crippen molar-refractivity contribution in [2.24, 2.45) is 0 Å². The van der Waals surface area contributed by atoms with Gasteiger partial charge in [-0.05, 0) is 32.2 Å². The Bertz CT molecular complexity index is 521. The normalized spacial score (nSPS) is 12.2. The lowest BCUT2D eigenvalue weighted by molar-refractivity contribution is 0.564. The van der Waals surface area contributed by atoms with Crippen LogP contribution in [0.5, 0.6) is 0 Å². The fraction of sp³-hybridized carbons (Fsp3) is 0.500. The molecule has 17 heavy (non-hydrogen) atoms. The lowest BCUT2D eigenvalue weighted by atomic mass is 10.2. The van der Waals surface area contributed by atoms with E-state index in [-0.39, 0.29) is 4.75 Å². The first kappa shape index (κ1) is 12.7. The summed E-state index contributed by atoms with van der Waals surface area (Å²) in [7, 11) is 0. The van der Waals surface area contributed by atoms with E-state index in [2.05, 4.69) is 34.6 Å². The van der Waals surface area contributed by atoms with Crippen LogP contribution in [0, 0.1) is 0 Å². The van der Waals surface area contributed by atoms with E-state index in [1.807, 2.05) is 23.9 Å². The van der Waals surface area contributed by atoms with E-state index in [1.165, 1.54) is 0 Å². The Morgan fingerprint density at radius 2 is 2.24 bits per heavy atom. The third-order valence-corrected chi connectivity index (χ3v) is 4.27. The average molecular weight is 270 g/mol. The molecule has 0 aliphatic carbocycles. The molecule has 3 nitrogen and oxygen atoms in total. The second-order valence-electron chi connectivity index (χ2n) is 4.56. The summed E-state index contributed by atoms with van der Waals surface area (Å²) in [6.45, 7) is 5.29. The molecule has 2 aromatic rings. The number of aromatic nitrogens is 3. The highest BCUT2D eigenvalue weighted by Gasteiger charge is 2.21. The molecule has 0 N–H and O–H groups in total. The first-order valence-electron chi connectivity index (χ1n) is 5.48. The van der Waals surface area contributed by atoms with Crippen molar-refractivity contribution in [3.8, 4) is 0 Å². The number of halogens is 1. The Kier molecular flexibility index (Phi) is 3.64. The van der Waals surface area contributed by atoms with Crippen LogP contribution in [0.3, 0.4) is 0 Å². The third-order valence-electron chi connectivity index (χ3n) is 2.79. The molecule has 92 valence electrons. The van der Waals surface area contributed by atoms with Crippen LogP contribution in [0.4, 0.5) is 0 Å². The van der Waals surface area contributed by atoms with Crippen molar-refractivity contribution in [2.45, 2.75) is 31.0 Å². The Morgan fingerprint density at radius 1 is 1.47 bits per heavy atom. The molecule has 0 aliphatic heterocycles. The van der Waals surface area contributed by atoms with Crippen molar-refractivity contribution < 1.29 is 0 Å². The van der Waals surface area contributed by atoms with Gasteiger partial charge in [-0.25, -0.2) is 9.97 Å². The smallest absolute Gasteiger partial charge is 0.160 e. The van der Waals surface area contributed by atoms with Gasteiger partial charge in [0.2, 0.25) is 0 Å². The predicted molar refractivity (Wildman–Crippen MR) is 74.7 cm³/mol. The van der Waals surface area contributed by atoms with Gasteiger partial charge in [-0.1, -0.05) is 0 Å². The fourth-order valence-electron chi connectivity index (χ4n) is 1.72. The van der Waals surface area contributed by atoms with Gasteiger partial charge >= 0.3 is 0 Å². The minimum atomic E-state index is 0.145. The van der Waals surface area contributed by atoms with Crippen LogP contribution in [0.15, 0.2) is 18.3 Å². The summed E-state index contributed by atoms with van der Waals surface area (Å²) in [5.41, 5.74) is 1.84. The van der Waals surface area contributed by atoms with Crippen molar-refractivity contribution in [1.82, 2.24) is 14.5 Å². The van der Waals surface area contributed by atoms with E-state index in [9.17, 15) is 0 Å². The van der Waals surface area contributed by atoms with Gasteiger partial charge < -0.3 is 4.57 Å².